The summed E-state index contributed by atoms with van der Waals surface area (Å²) in [6.07, 6.45) is 1.39. The number of aromatic nitrogens is 3. The van der Waals surface area contributed by atoms with Crippen LogP contribution in [0.1, 0.15) is 13.8 Å². The third kappa shape index (κ3) is 3.82. The molecule has 0 spiro atoms. The predicted molar refractivity (Wildman–Crippen MR) is 128 cm³/mol. The van der Waals surface area contributed by atoms with Crippen molar-refractivity contribution in [3.05, 3.63) is 53.6 Å². The molecule has 0 amide bonds. The van der Waals surface area contributed by atoms with Gasteiger partial charge in [-0.2, -0.15) is 0 Å². The summed E-state index contributed by atoms with van der Waals surface area (Å²) in [5.41, 5.74) is 0.936. The third-order valence-corrected chi connectivity index (χ3v) is 5.70. The normalized spacial score (nSPS) is 13.7. The van der Waals surface area contributed by atoms with Crippen LogP contribution in [0.2, 0.25) is 5.02 Å². The van der Waals surface area contributed by atoms with E-state index >= 15 is 4.39 Å². The minimum Gasteiger partial charge on any atom is -0.480 e. The Labute approximate surface area is 191 Å². The molecule has 32 heavy (non-hydrogen) atoms. The van der Waals surface area contributed by atoms with E-state index in [4.69, 9.17) is 16.3 Å². The van der Waals surface area contributed by atoms with Crippen LogP contribution in [0.3, 0.4) is 0 Å². The molecule has 166 valence electrons. The smallest absolute Gasteiger partial charge is 0.227 e. The topological polar surface area (TPSA) is 63.2 Å². The maximum Gasteiger partial charge on any atom is 0.227 e. The molecular formula is C24H25ClFN5O. The predicted octanol–water partition coefficient (Wildman–Crippen LogP) is 5.08. The number of nitrogens with one attached hydrogen (secondary N) is 1. The molecule has 0 radical (unpaired) electrons. The molecule has 1 aliphatic heterocycles. The summed E-state index contributed by atoms with van der Waals surface area (Å²) in [5, 5.41) is 5.97. The van der Waals surface area contributed by atoms with Gasteiger partial charge in [-0.05, 0) is 11.5 Å². The van der Waals surface area contributed by atoms with Crippen molar-refractivity contribution < 1.29 is 9.13 Å². The van der Waals surface area contributed by atoms with Crippen LogP contribution >= 0.6 is 11.6 Å². The summed E-state index contributed by atoms with van der Waals surface area (Å²) in [7, 11) is 1.52. The summed E-state index contributed by atoms with van der Waals surface area (Å²) in [4.78, 5) is 15.3. The van der Waals surface area contributed by atoms with Crippen molar-refractivity contribution >= 4 is 39.1 Å². The van der Waals surface area contributed by atoms with Gasteiger partial charge >= 0.3 is 0 Å². The zero-order chi connectivity index (χ0) is 22.7. The highest BCUT2D eigenvalue weighted by atomic mass is 35.5. The van der Waals surface area contributed by atoms with E-state index in [9.17, 15) is 0 Å². The molecule has 1 N–H and O–H groups in total. The molecule has 2 aromatic heterocycles. The zero-order valence-electron chi connectivity index (χ0n) is 18.3. The molecule has 3 heterocycles. The van der Waals surface area contributed by atoms with Gasteiger partial charge in [-0.3, -0.25) is 0 Å². The number of rotatable bonds is 3. The summed E-state index contributed by atoms with van der Waals surface area (Å²) in [6.45, 7) is 7.18. The van der Waals surface area contributed by atoms with E-state index in [1.54, 1.807) is 6.07 Å². The molecule has 4 aromatic rings. The number of pyridine rings is 1. The zero-order valence-corrected chi connectivity index (χ0v) is 19.1. The van der Waals surface area contributed by atoms with Gasteiger partial charge in [0.25, 0.3) is 0 Å². The second-order valence-electron chi connectivity index (χ2n) is 7.09. The van der Waals surface area contributed by atoms with Crippen LogP contribution in [-0.2, 0) is 0 Å². The summed E-state index contributed by atoms with van der Waals surface area (Å²) in [5.74, 6) is 0.406. The maximum atomic E-state index is 15.8. The highest BCUT2D eigenvalue weighted by molar-refractivity contribution is 6.36. The molecule has 2 aromatic carbocycles. The molecular weight excluding hydrogens is 429 g/mol. The Kier molecular flexibility index (Phi) is 6.67. The lowest BCUT2D eigenvalue weighted by atomic mass is 10.0. The number of fused-ring (bicyclic) bond motifs is 2. The highest BCUT2D eigenvalue weighted by Crippen LogP contribution is 2.39. The third-order valence-electron chi connectivity index (χ3n) is 5.39. The number of hydrogen-bond acceptors (Lipinski definition) is 6. The van der Waals surface area contributed by atoms with Crippen molar-refractivity contribution in [3.63, 3.8) is 0 Å². The Balaban J connectivity index is 0.00000119. The fourth-order valence-electron chi connectivity index (χ4n) is 3.99. The van der Waals surface area contributed by atoms with E-state index < -0.39 is 5.82 Å². The van der Waals surface area contributed by atoms with Crippen LogP contribution in [0, 0.1) is 5.82 Å². The quantitative estimate of drug-likeness (QED) is 0.466. The first-order chi connectivity index (χ1) is 15.7. The van der Waals surface area contributed by atoms with Crippen molar-refractivity contribution in [2.45, 2.75) is 13.8 Å². The molecule has 5 rings (SSSR count). The Bertz CT molecular complexity index is 1260. The number of halogens is 2. The van der Waals surface area contributed by atoms with E-state index in [1.807, 2.05) is 44.2 Å². The SMILES string of the molecule is CC.COc1nc(-c2cccc3cccc(Cl)c23)c(F)c2ncnc(N3CCNCC3)c12. The van der Waals surface area contributed by atoms with Gasteiger partial charge in [-0.25, -0.2) is 19.3 Å². The molecule has 8 heteroatoms. The molecule has 1 saturated heterocycles. The van der Waals surface area contributed by atoms with Crippen molar-refractivity contribution in [1.29, 1.82) is 0 Å². The Morgan fingerprint density at radius 2 is 1.75 bits per heavy atom. The van der Waals surface area contributed by atoms with Gasteiger partial charge in [0.2, 0.25) is 5.88 Å². The van der Waals surface area contributed by atoms with Crippen molar-refractivity contribution in [3.8, 4) is 17.1 Å². The van der Waals surface area contributed by atoms with Crippen molar-refractivity contribution in [2.75, 3.05) is 38.2 Å². The fraction of sp³-hybridized carbons (Fsp3) is 0.292. The number of ether oxygens (including phenoxy) is 1. The second-order valence-corrected chi connectivity index (χ2v) is 7.49. The molecule has 1 fully saturated rings. The number of nitrogens with zero attached hydrogens (tertiary/aromatic N) is 4. The standard InChI is InChI=1S/C22H19ClFN5O.C2H6/c1-30-22-17-20(26-12-27-21(17)29-10-8-25-9-11-29)18(24)19(28-22)14-6-2-4-13-5-3-7-15(23)16(13)14;1-2/h2-7,12,25H,8-11H2,1H3;1-2H3. The average molecular weight is 454 g/mol. The molecule has 0 atom stereocenters. The van der Waals surface area contributed by atoms with E-state index in [0.29, 0.717) is 27.7 Å². The lowest BCUT2D eigenvalue weighted by molar-refractivity contribution is 0.402. The summed E-state index contributed by atoms with van der Waals surface area (Å²) < 4.78 is 21.4. The number of benzene rings is 2. The van der Waals surface area contributed by atoms with Crippen LogP contribution in [0.25, 0.3) is 32.9 Å². The van der Waals surface area contributed by atoms with Crippen LogP contribution < -0.4 is 15.0 Å². The number of piperazine rings is 1. The Hall–Kier alpha value is -3.03. The lowest BCUT2D eigenvalue weighted by Crippen LogP contribution is -2.44. The molecule has 0 aliphatic carbocycles. The molecule has 1 aliphatic rings. The molecule has 0 unspecified atom stereocenters. The first-order valence-electron chi connectivity index (χ1n) is 10.7. The highest BCUT2D eigenvalue weighted by Gasteiger charge is 2.25. The summed E-state index contributed by atoms with van der Waals surface area (Å²) >= 11 is 6.46. The van der Waals surface area contributed by atoms with Crippen LogP contribution in [0.5, 0.6) is 5.88 Å². The Morgan fingerprint density at radius 3 is 2.47 bits per heavy atom. The van der Waals surface area contributed by atoms with Gasteiger partial charge in [0.05, 0.1) is 7.11 Å². The van der Waals surface area contributed by atoms with Crippen LogP contribution in [-0.4, -0.2) is 48.2 Å². The van der Waals surface area contributed by atoms with Gasteiger partial charge in [0.1, 0.15) is 28.7 Å². The van der Waals surface area contributed by atoms with Gasteiger partial charge in [-0.15, -0.1) is 0 Å². The fourth-order valence-corrected chi connectivity index (χ4v) is 4.28. The van der Waals surface area contributed by atoms with E-state index in [1.165, 1.54) is 13.4 Å². The van der Waals surface area contributed by atoms with Gasteiger partial charge in [0, 0.05) is 42.2 Å². The van der Waals surface area contributed by atoms with Crippen LogP contribution in [0.4, 0.5) is 10.2 Å². The average Bonchev–Trinajstić information content (AvgIpc) is 2.86. The number of anilines is 1. The Morgan fingerprint density at radius 1 is 1.03 bits per heavy atom. The lowest BCUT2D eigenvalue weighted by Gasteiger charge is -2.29. The van der Waals surface area contributed by atoms with Crippen molar-refractivity contribution in [1.82, 2.24) is 20.3 Å². The van der Waals surface area contributed by atoms with Gasteiger partial charge in [-0.1, -0.05) is 55.8 Å². The first-order valence-corrected chi connectivity index (χ1v) is 11.1. The monoisotopic (exact) mass is 453 g/mol. The van der Waals surface area contributed by atoms with Crippen molar-refractivity contribution in [2.24, 2.45) is 0 Å². The number of hydrogen-bond donors (Lipinski definition) is 1. The van der Waals surface area contributed by atoms with E-state index in [0.717, 1.165) is 37.0 Å². The molecule has 0 saturated carbocycles. The molecule has 6 nitrogen and oxygen atoms in total. The summed E-state index contributed by atoms with van der Waals surface area (Å²) in [6, 6.07) is 11.2. The molecule has 0 bridgehead atoms. The van der Waals surface area contributed by atoms with Crippen LogP contribution in [0.15, 0.2) is 42.7 Å². The minimum atomic E-state index is -0.517. The minimum absolute atomic E-state index is 0.156. The maximum absolute atomic E-state index is 15.8. The van der Waals surface area contributed by atoms with E-state index in [2.05, 4.69) is 25.2 Å². The second kappa shape index (κ2) is 9.63. The van der Waals surface area contributed by atoms with Gasteiger partial charge < -0.3 is 15.0 Å². The van der Waals surface area contributed by atoms with Gasteiger partial charge in [0.15, 0.2) is 5.82 Å². The number of methoxy groups -OCH3 is 1. The first kappa shape index (κ1) is 22.2. The largest absolute Gasteiger partial charge is 0.480 e. The van der Waals surface area contributed by atoms with E-state index in [-0.39, 0.29) is 11.2 Å².